The summed E-state index contributed by atoms with van der Waals surface area (Å²) in [4.78, 5) is 38.5. The molecule has 0 aliphatic carbocycles. The van der Waals surface area contributed by atoms with Crippen LogP contribution in [0, 0.1) is 10.1 Å². The van der Waals surface area contributed by atoms with Crippen molar-refractivity contribution in [2.75, 3.05) is 26.2 Å². The molecular weight excluding hydrogens is 320 g/mol. The van der Waals surface area contributed by atoms with Gasteiger partial charge >= 0.3 is 0 Å². The molecule has 0 spiro atoms. The van der Waals surface area contributed by atoms with Gasteiger partial charge in [-0.25, -0.2) is 15.1 Å². The minimum atomic E-state index is -0.822. The summed E-state index contributed by atoms with van der Waals surface area (Å²) in [6.07, 6.45) is 2.06. The molecule has 0 saturated heterocycles. The van der Waals surface area contributed by atoms with E-state index in [2.05, 4.69) is 4.99 Å². The molecule has 0 aliphatic heterocycles. The van der Waals surface area contributed by atoms with Crippen LogP contribution >= 0.6 is 0 Å². The number of nitrogens with two attached hydrogens (primary N) is 4. The van der Waals surface area contributed by atoms with Crippen LogP contribution in [-0.2, 0) is 9.59 Å². The molecule has 9 N–H and O–H groups in total. The zero-order valence-electron chi connectivity index (χ0n) is 13.5. The average molecular weight is 346 g/mol. The molecule has 12 heteroatoms. The highest BCUT2D eigenvalue weighted by atomic mass is 16.7. The predicted molar refractivity (Wildman–Crippen MR) is 87.9 cm³/mol. The fourth-order valence-electron chi connectivity index (χ4n) is 1.90. The van der Waals surface area contributed by atoms with E-state index in [-0.39, 0.29) is 25.0 Å². The van der Waals surface area contributed by atoms with E-state index in [1.165, 1.54) is 4.90 Å². The van der Waals surface area contributed by atoms with Crippen LogP contribution in [0.5, 0.6) is 0 Å². The van der Waals surface area contributed by atoms with Crippen molar-refractivity contribution in [3.05, 3.63) is 10.1 Å². The van der Waals surface area contributed by atoms with Crippen LogP contribution in [0.15, 0.2) is 4.99 Å². The lowest BCUT2D eigenvalue weighted by molar-refractivity contribution is -0.525. The molecule has 0 rings (SSSR count). The first kappa shape index (κ1) is 21.5. The summed E-state index contributed by atoms with van der Waals surface area (Å²) < 4.78 is 0. The van der Waals surface area contributed by atoms with Gasteiger partial charge in [0.2, 0.25) is 11.8 Å². The highest BCUT2D eigenvalue weighted by Gasteiger charge is 2.21. The summed E-state index contributed by atoms with van der Waals surface area (Å²) >= 11 is 0. The van der Waals surface area contributed by atoms with Crippen LogP contribution in [0.1, 0.15) is 25.7 Å². The van der Waals surface area contributed by atoms with Gasteiger partial charge in [0.15, 0.2) is 5.03 Å². The fourth-order valence-corrected chi connectivity index (χ4v) is 1.90. The van der Waals surface area contributed by atoms with E-state index in [1.807, 2.05) is 0 Å². The number of primary amides is 1. The normalized spacial score (nSPS) is 12.5. The van der Waals surface area contributed by atoms with Gasteiger partial charge in [-0.15, -0.1) is 0 Å². The number of carbonyl (C=O) groups excluding carboxylic acids is 2. The largest absolute Gasteiger partial charge is 0.368 e. The molecule has 0 aromatic heterocycles. The van der Waals surface area contributed by atoms with Crippen molar-refractivity contribution in [2.24, 2.45) is 27.9 Å². The van der Waals surface area contributed by atoms with Gasteiger partial charge in [-0.1, -0.05) is 5.43 Å². The Morgan fingerprint density at radius 2 is 1.92 bits per heavy atom. The van der Waals surface area contributed by atoms with Crippen molar-refractivity contribution in [2.45, 2.75) is 31.7 Å². The zero-order valence-corrected chi connectivity index (χ0v) is 13.5. The monoisotopic (exact) mass is 346 g/mol. The Morgan fingerprint density at radius 3 is 2.46 bits per heavy atom. The smallest absolute Gasteiger partial charge is 0.251 e. The van der Waals surface area contributed by atoms with Gasteiger partial charge in [-0.3, -0.25) is 9.59 Å². The number of nitrogens with one attached hydrogen (secondary N) is 1. The molecule has 0 saturated carbocycles. The number of carbonyl (C=O) groups is 2. The highest BCUT2D eigenvalue weighted by molar-refractivity contribution is 5.86. The molecule has 0 aromatic rings. The van der Waals surface area contributed by atoms with E-state index in [0.717, 1.165) is 6.42 Å². The maximum atomic E-state index is 12.2. The van der Waals surface area contributed by atoms with Gasteiger partial charge in [0.25, 0.3) is 5.96 Å². The van der Waals surface area contributed by atoms with Crippen LogP contribution in [0.2, 0.25) is 0 Å². The second kappa shape index (κ2) is 12.0. The molecule has 1 atom stereocenters. The Balaban J connectivity index is 4.36. The highest BCUT2D eigenvalue weighted by Crippen LogP contribution is 2.03. The van der Waals surface area contributed by atoms with Crippen molar-refractivity contribution < 1.29 is 14.6 Å². The van der Waals surface area contributed by atoms with Crippen LogP contribution < -0.4 is 28.4 Å². The molecule has 0 aromatic carbocycles. The van der Waals surface area contributed by atoms with Crippen LogP contribution in [-0.4, -0.2) is 59.9 Å². The average Bonchev–Trinajstić information content (AvgIpc) is 2.48. The van der Waals surface area contributed by atoms with Gasteiger partial charge in [-0.2, -0.15) is 0 Å². The number of nitrogens with zero attached hydrogens (tertiary/aromatic N) is 3. The van der Waals surface area contributed by atoms with Crippen molar-refractivity contribution in [3.63, 3.8) is 0 Å². The first-order valence-electron chi connectivity index (χ1n) is 7.51. The Kier molecular flexibility index (Phi) is 10.8. The topological polar surface area (TPSA) is 209 Å². The molecule has 0 aliphatic rings. The maximum absolute atomic E-state index is 12.2. The minimum absolute atomic E-state index is 0.177. The summed E-state index contributed by atoms with van der Waals surface area (Å²) in [6.45, 7) is 0.818. The summed E-state index contributed by atoms with van der Waals surface area (Å²) in [5.41, 5.74) is 23.3. The summed E-state index contributed by atoms with van der Waals surface area (Å²) in [7, 11) is 0. The summed E-state index contributed by atoms with van der Waals surface area (Å²) in [5.74, 6) is -1.32. The third-order valence-corrected chi connectivity index (χ3v) is 3.02. The van der Waals surface area contributed by atoms with Crippen LogP contribution in [0.4, 0.5) is 0 Å². The molecule has 0 unspecified atom stereocenters. The number of guanidine groups is 1. The maximum Gasteiger partial charge on any atom is 0.251 e. The number of rotatable bonds is 12. The number of hydrogen-bond acceptors (Lipinski definition) is 7. The van der Waals surface area contributed by atoms with Gasteiger partial charge in [0.05, 0.1) is 12.6 Å². The van der Waals surface area contributed by atoms with E-state index < -0.39 is 17.0 Å². The van der Waals surface area contributed by atoms with E-state index in [4.69, 9.17) is 22.9 Å². The number of amides is 2. The molecule has 0 heterocycles. The van der Waals surface area contributed by atoms with Gasteiger partial charge in [0, 0.05) is 13.1 Å². The van der Waals surface area contributed by atoms with E-state index in [9.17, 15) is 19.7 Å². The third-order valence-electron chi connectivity index (χ3n) is 3.02. The lowest BCUT2D eigenvalue weighted by Crippen LogP contribution is -2.47. The van der Waals surface area contributed by atoms with Crippen molar-refractivity contribution >= 4 is 17.8 Å². The van der Waals surface area contributed by atoms with Gasteiger partial charge in [0.1, 0.15) is 0 Å². The molecule has 24 heavy (non-hydrogen) atoms. The summed E-state index contributed by atoms with van der Waals surface area (Å²) in [5, 5.41) is 9.31. The Morgan fingerprint density at radius 1 is 1.25 bits per heavy atom. The number of hydrogen-bond donors (Lipinski definition) is 5. The third kappa shape index (κ3) is 10.3. The molecule has 138 valence electrons. The first-order valence-corrected chi connectivity index (χ1v) is 7.51. The van der Waals surface area contributed by atoms with E-state index >= 15 is 0 Å². The number of hydrazine groups is 1. The molecule has 12 nitrogen and oxygen atoms in total. The standard InChI is InChI=1S/C12H26N8O4/c13-5-1-2-7-19(8-10(15)21)11(22)9(14)4-3-6-17-12(16)18-20(23)24/h9H,1-8,13-14H2,(H2,15,21)(H3,16,17,18)/t9-/m0/s1. The van der Waals surface area contributed by atoms with Crippen LogP contribution in [0.25, 0.3) is 0 Å². The van der Waals surface area contributed by atoms with Gasteiger partial charge in [-0.05, 0) is 32.2 Å². The quantitative estimate of drug-likeness (QED) is 0.0819. The van der Waals surface area contributed by atoms with Crippen molar-refractivity contribution in [3.8, 4) is 0 Å². The zero-order chi connectivity index (χ0) is 18.5. The molecular formula is C12H26N8O4. The second-order valence-corrected chi connectivity index (χ2v) is 5.11. The lowest BCUT2D eigenvalue weighted by Gasteiger charge is -2.24. The second-order valence-electron chi connectivity index (χ2n) is 5.11. The Hall–Kier alpha value is -2.47. The number of aliphatic imine (C=N–C) groups is 1. The first-order chi connectivity index (χ1) is 11.3. The van der Waals surface area contributed by atoms with Crippen LogP contribution in [0.3, 0.4) is 0 Å². The Labute approximate surface area is 139 Å². The summed E-state index contributed by atoms with van der Waals surface area (Å²) in [6, 6.07) is -0.817. The molecule has 0 bridgehead atoms. The van der Waals surface area contributed by atoms with Crippen molar-refractivity contribution in [1.82, 2.24) is 10.3 Å². The SMILES string of the molecule is NCCCCN(CC(N)=O)C(=O)[C@@H](N)CCCN=C(N)N[N+](=O)[O-]. The van der Waals surface area contributed by atoms with E-state index in [0.29, 0.717) is 32.4 Å². The fraction of sp³-hybridized carbons (Fsp3) is 0.750. The minimum Gasteiger partial charge on any atom is -0.368 e. The van der Waals surface area contributed by atoms with Crippen molar-refractivity contribution in [1.29, 1.82) is 0 Å². The lowest BCUT2D eigenvalue weighted by atomic mass is 10.1. The predicted octanol–water partition coefficient (Wildman–Crippen LogP) is -2.76. The Bertz CT molecular complexity index is 456. The molecule has 0 fully saturated rings. The molecule has 0 radical (unpaired) electrons. The van der Waals surface area contributed by atoms with E-state index in [1.54, 1.807) is 5.43 Å². The molecule has 2 amide bonds. The number of unbranched alkanes of at least 4 members (excludes halogenated alkanes) is 1. The number of nitro groups is 1. The van der Waals surface area contributed by atoms with Gasteiger partial charge < -0.3 is 27.8 Å².